The van der Waals surface area contributed by atoms with E-state index in [9.17, 15) is 0 Å². The van der Waals surface area contributed by atoms with Crippen molar-refractivity contribution in [2.45, 2.75) is 13.8 Å². The van der Waals surface area contributed by atoms with Crippen LogP contribution >= 0.6 is 0 Å². The number of nitrogens with one attached hydrogen (secondary N) is 1. The lowest BCUT2D eigenvalue weighted by molar-refractivity contribution is 0.0741. The van der Waals surface area contributed by atoms with E-state index in [1.807, 2.05) is 6.08 Å². The van der Waals surface area contributed by atoms with Gasteiger partial charge in [0.2, 0.25) is 0 Å². The Bertz CT molecular complexity index is 149. The molecular formula is C6H10N2O. The van der Waals surface area contributed by atoms with Crippen LogP contribution < -0.4 is 5.48 Å². The van der Waals surface area contributed by atoms with Gasteiger partial charge in [-0.05, 0) is 12.0 Å². The van der Waals surface area contributed by atoms with Gasteiger partial charge < -0.3 is 0 Å². The summed E-state index contributed by atoms with van der Waals surface area (Å²) in [6.07, 6.45) is 3.62. The molecular weight excluding hydrogens is 116 g/mol. The molecule has 0 amide bonds. The summed E-state index contributed by atoms with van der Waals surface area (Å²) in [7, 11) is 0. The van der Waals surface area contributed by atoms with Crippen LogP contribution in [0, 0.1) is 5.92 Å². The minimum Gasteiger partial charge on any atom is -0.271 e. The van der Waals surface area contributed by atoms with Crippen LogP contribution in [0.3, 0.4) is 0 Å². The first kappa shape index (κ1) is 6.13. The molecule has 0 bridgehead atoms. The third kappa shape index (κ3) is 1.45. The van der Waals surface area contributed by atoms with Gasteiger partial charge in [0, 0.05) is 6.20 Å². The molecule has 1 aliphatic rings. The number of nitrogens with zero attached hydrogens (tertiary/aromatic N) is 1. The van der Waals surface area contributed by atoms with Crippen molar-refractivity contribution in [2.75, 3.05) is 0 Å². The summed E-state index contributed by atoms with van der Waals surface area (Å²) in [5.74, 6) is 0.434. The third-order valence-electron chi connectivity index (χ3n) is 1.12. The Hall–Kier alpha value is -0.990. The molecule has 50 valence electrons. The van der Waals surface area contributed by atoms with Crippen LogP contribution in [0.15, 0.2) is 17.4 Å². The van der Waals surface area contributed by atoms with Crippen molar-refractivity contribution in [3.8, 4) is 0 Å². The minimum atomic E-state index is 0.434. The SMILES string of the molecule is CC(C)C1=NONC=C1. The number of allylic oxidation sites excluding steroid dienone is 1. The molecule has 0 aliphatic carbocycles. The van der Waals surface area contributed by atoms with Crippen LogP contribution in [0.5, 0.6) is 0 Å². The Morgan fingerprint density at radius 3 is 2.78 bits per heavy atom. The summed E-state index contributed by atoms with van der Waals surface area (Å²) in [6, 6.07) is 0. The molecule has 0 aromatic rings. The summed E-state index contributed by atoms with van der Waals surface area (Å²) in [4.78, 5) is 4.59. The molecule has 0 aromatic carbocycles. The van der Waals surface area contributed by atoms with Gasteiger partial charge in [0.15, 0.2) is 0 Å². The predicted octanol–water partition coefficient (Wildman–Crippen LogP) is 1.05. The van der Waals surface area contributed by atoms with Crippen LogP contribution in [-0.4, -0.2) is 5.71 Å². The fraction of sp³-hybridized carbons (Fsp3) is 0.500. The van der Waals surface area contributed by atoms with Crippen molar-refractivity contribution in [3.05, 3.63) is 12.3 Å². The zero-order valence-electron chi connectivity index (χ0n) is 5.59. The average molecular weight is 126 g/mol. The van der Waals surface area contributed by atoms with E-state index in [1.165, 1.54) is 0 Å². The van der Waals surface area contributed by atoms with Crippen LogP contribution in [0.4, 0.5) is 0 Å². The van der Waals surface area contributed by atoms with E-state index < -0.39 is 0 Å². The van der Waals surface area contributed by atoms with Crippen molar-refractivity contribution < 1.29 is 4.94 Å². The summed E-state index contributed by atoms with van der Waals surface area (Å²) in [5.41, 5.74) is 3.47. The van der Waals surface area contributed by atoms with E-state index in [1.54, 1.807) is 6.20 Å². The van der Waals surface area contributed by atoms with Gasteiger partial charge in [-0.2, -0.15) is 0 Å². The highest BCUT2D eigenvalue weighted by Crippen LogP contribution is 2.00. The smallest absolute Gasteiger partial charge is 0.0870 e. The topological polar surface area (TPSA) is 33.6 Å². The second-order valence-electron chi connectivity index (χ2n) is 2.21. The van der Waals surface area contributed by atoms with Gasteiger partial charge >= 0.3 is 0 Å². The molecule has 0 unspecified atom stereocenters. The summed E-state index contributed by atoms with van der Waals surface area (Å²) in [5, 5.41) is 3.75. The molecule has 0 spiro atoms. The molecule has 3 heteroatoms. The highest BCUT2D eigenvalue weighted by Gasteiger charge is 2.03. The first-order chi connectivity index (χ1) is 4.30. The fourth-order valence-electron chi connectivity index (χ4n) is 0.557. The number of rotatable bonds is 1. The Kier molecular flexibility index (Phi) is 1.72. The van der Waals surface area contributed by atoms with E-state index in [0.717, 1.165) is 5.71 Å². The molecule has 1 aliphatic heterocycles. The zero-order valence-corrected chi connectivity index (χ0v) is 5.59. The summed E-state index contributed by atoms with van der Waals surface area (Å²) < 4.78 is 0. The summed E-state index contributed by atoms with van der Waals surface area (Å²) in [6.45, 7) is 4.13. The lowest BCUT2D eigenvalue weighted by Gasteiger charge is -2.08. The normalized spacial score (nSPS) is 16.6. The number of hydroxylamine groups is 1. The number of hydrogen-bond donors (Lipinski definition) is 1. The van der Waals surface area contributed by atoms with Crippen molar-refractivity contribution in [3.63, 3.8) is 0 Å². The van der Waals surface area contributed by atoms with Crippen LogP contribution in [0.25, 0.3) is 0 Å². The number of hydrogen-bond acceptors (Lipinski definition) is 3. The van der Waals surface area contributed by atoms with Gasteiger partial charge in [0.25, 0.3) is 0 Å². The second kappa shape index (κ2) is 2.53. The van der Waals surface area contributed by atoms with Gasteiger partial charge in [-0.15, -0.1) is 0 Å². The Labute approximate surface area is 54.3 Å². The largest absolute Gasteiger partial charge is 0.271 e. The summed E-state index contributed by atoms with van der Waals surface area (Å²) >= 11 is 0. The lowest BCUT2D eigenvalue weighted by Crippen LogP contribution is -2.14. The van der Waals surface area contributed by atoms with Crippen molar-refractivity contribution in [1.29, 1.82) is 0 Å². The van der Waals surface area contributed by atoms with Gasteiger partial charge in [-0.3, -0.25) is 4.94 Å². The lowest BCUT2D eigenvalue weighted by atomic mass is 10.1. The van der Waals surface area contributed by atoms with Gasteiger partial charge in [0.1, 0.15) is 0 Å². The van der Waals surface area contributed by atoms with Crippen molar-refractivity contribution in [1.82, 2.24) is 5.48 Å². The Morgan fingerprint density at radius 2 is 2.44 bits per heavy atom. The molecule has 0 atom stereocenters. The van der Waals surface area contributed by atoms with E-state index in [4.69, 9.17) is 0 Å². The standard InChI is InChI=1S/C6H10N2O/c1-5(2)6-3-4-7-9-8-6/h3-5,7H,1-2H3. The Morgan fingerprint density at radius 1 is 1.67 bits per heavy atom. The molecule has 3 nitrogen and oxygen atoms in total. The second-order valence-corrected chi connectivity index (χ2v) is 2.21. The average Bonchev–Trinajstić information content (AvgIpc) is 1.90. The first-order valence-electron chi connectivity index (χ1n) is 2.96. The molecule has 1 heterocycles. The highest BCUT2D eigenvalue weighted by atomic mass is 16.8. The highest BCUT2D eigenvalue weighted by molar-refractivity contribution is 5.96. The number of oxime groups is 1. The molecule has 9 heavy (non-hydrogen) atoms. The van der Waals surface area contributed by atoms with E-state index >= 15 is 0 Å². The van der Waals surface area contributed by atoms with E-state index in [2.05, 4.69) is 29.4 Å². The minimum absolute atomic E-state index is 0.434. The predicted molar refractivity (Wildman–Crippen MR) is 35.6 cm³/mol. The maximum absolute atomic E-state index is 4.59. The van der Waals surface area contributed by atoms with Crippen molar-refractivity contribution >= 4 is 5.71 Å². The van der Waals surface area contributed by atoms with Crippen LogP contribution in [-0.2, 0) is 4.94 Å². The maximum Gasteiger partial charge on any atom is 0.0870 e. The fourth-order valence-corrected chi connectivity index (χ4v) is 0.557. The van der Waals surface area contributed by atoms with Gasteiger partial charge in [-0.25, -0.2) is 5.48 Å². The van der Waals surface area contributed by atoms with Crippen LogP contribution in [0.1, 0.15) is 13.8 Å². The van der Waals surface area contributed by atoms with Crippen molar-refractivity contribution in [2.24, 2.45) is 11.1 Å². The van der Waals surface area contributed by atoms with E-state index in [-0.39, 0.29) is 0 Å². The maximum atomic E-state index is 4.59. The molecule has 1 N–H and O–H groups in total. The Balaban J connectivity index is 2.58. The molecule has 0 radical (unpaired) electrons. The quantitative estimate of drug-likeness (QED) is 0.569. The van der Waals surface area contributed by atoms with Crippen LogP contribution in [0.2, 0.25) is 0 Å². The monoisotopic (exact) mass is 126 g/mol. The van der Waals surface area contributed by atoms with Gasteiger partial charge in [0.05, 0.1) is 5.71 Å². The zero-order chi connectivity index (χ0) is 6.69. The third-order valence-corrected chi connectivity index (χ3v) is 1.12. The molecule has 0 fully saturated rings. The molecule has 1 rings (SSSR count). The van der Waals surface area contributed by atoms with Gasteiger partial charge in [-0.1, -0.05) is 19.0 Å². The first-order valence-corrected chi connectivity index (χ1v) is 2.96. The molecule has 0 saturated heterocycles. The van der Waals surface area contributed by atoms with E-state index in [0.29, 0.717) is 5.92 Å². The molecule has 0 saturated carbocycles. The molecule has 0 aromatic heterocycles.